The van der Waals surface area contributed by atoms with Crippen molar-refractivity contribution < 1.29 is 38.0 Å². The van der Waals surface area contributed by atoms with Crippen molar-refractivity contribution in [3.8, 4) is 28.7 Å². The second-order valence-electron chi connectivity index (χ2n) is 6.03. The predicted octanol–water partition coefficient (Wildman–Crippen LogP) is 3.17. The summed E-state index contributed by atoms with van der Waals surface area (Å²) in [6.45, 7) is 0. The molecule has 0 aliphatic rings. The number of carbonyl (C=O) groups is 2. The number of amides is 1. The maximum atomic E-state index is 12.6. The second kappa shape index (κ2) is 10.8. The number of hydrogen-bond acceptors (Lipinski definition) is 8. The third-order valence-electron chi connectivity index (χ3n) is 4.30. The van der Waals surface area contributed by atoms with E-state index in [9.17, 15) is 9.59 Å². The number of nitrogens with one attached hydrogen (secondary N) is 1. The molecule has 0 heterocycles. The van der Waals surface area contributed by atoms with E-state index >= 15 is 0 Å². The molecule has 0 radical (unpaired) electrons. The van der Waals surface area contributed by atoms with Gasteiger partial charge in [-0.3, -0.25) is 4.79 Å². The van der Waals surface area contributed by atoms with Gasteiger partial charge in [0.2, 0.25) is 11.7 Å². The minimum Gasteiger partial charge on any atom is -0.497 e. The Morgan fingerprint density at radius 2 is 1.39 bits per heavy atom. The number of anilines is 1. The molecule has 0 fully saturated rings. The van der Waals surface area contributed by atoms with Crippen LogP contribution in [0.1, 0.15) is 15.9 Å². The third kappa shape index (κ3) is 5.39. The van der Waals surface area contributed by atoms with Crippen molar-refractivity contribution in [3.63, 3.8) is 0 Å². The Bertz CT molecular complexity index is 959. The molecule has 0 bridgehead atoms. The highest BCUT2D eigenvalue weighted by Gasteiger charge is 2.20. The zero-order valence-electron chi connectivity index (χ0n) is 18.2. The molecule has 0 aliphatic heterocycles. The highest BCUT2D eigenvalue weighted by molar-refractivity contribution is 6.08. The number of methoxy groups -OCH3 is 6. The Balaban J connectivity index is 2.36. The normalized spacial score (nSPS) is 10.4. The van der Waals surface area contributed by atoms with Gasteiger partial charge in [0.05, 0.1) is 53.9 Å². The summed E-state index contributed by atoms with van der Waals surface area (Å²) in [5.74, 6) is 0.816. The van der Waals surface area contributed by atoms with Gasteiger partial charge in [-0.2, -0.15) is 0 Å². The topological polar surface area (TPSA) is 102 Å². The smallest absolute Gasteiger partial charge is 0.340 e. The van der Waals surface area contributed by atoms with E-state index in [1.54, 1.807) is 24.3 Å². The van der Waals surface area contributed by atoms with Gasteiger partial charge >= 0.3 is 5.97 Å². The van der Waals surface area contributed by atoms with Crippen molar-refractivity contribution >= 4 is 23.6 Å². The molecule has 2 rings (SSSR count). The Morgan fingerprint density at radius 3 is 1.87 bits per heavy atom. The summed E-state index contributed by atoms with van der Waals surface area (Å²) >= 11 is 0. The first kappa shape index (κ1) is 23.4. The Kier molecular flexibility index (Phi) is 8.13. The van der Waals surface area contributed by atoms with E-state index in [0.29, 0.717) is 28.6 Å². The van der Waals surface area contributed by atoms with E-state index in [0.717, 1.165) is 0 Å². The monoisotopic (exact) mass is 431 g/mol. The van der Waals surface area contributed by atoms with Crippen LogP contribution in [0.3, 0.4) is 0 Å². The molecule has 31 heavy (non-hydrogen) atoms. The summed E-state index contributed by atoms with van der Waals surface area (Å²) in [4.78, 5) is 24.8. The Labute approximate surface area is 180 Å². The maximum Gasteiger partial charge on any atom is 0.340 e. The summed E-state index contributed by atoms with van der Waals surface area (Å²) in [6, 6.07) is 6.38. The molecular formula is C22H25NO8. The van der Waals surface area contributed by atoms with E-state index in [1.165, 1.54) is 54.8 Å². The van der Waals surface area contributed by atoms with Gasteiger partial charge in [-0.25, -0.2) is 4.79 Å². The van der Waals surface area contributed by atoms with Crippen molar-refractivity contribution in [1.82, 2.24) is 0 Å². The lowest BCUT2D eigenvalue weighted by atomic mass is 10.1. The van der Waals surface area contributed by atoms with Crippen LogP contribution in [0.4, 0.5) is 5.69 Å². The lowest BCUT2D eigenvalue weighted by Crippen LogP contribution is -2.14. The van der Waals surface area contributed by atoms with Crippen molar-refractivity contribution in [2.75, 3.05) is 48.0 Å². The molecule has 0 saturated heterocycles. The van der Waals surface area contributed by atoms with Gasteiger partial charge in [0.1, 0.15) is 11.5 Å². The molecule has 2 aromatic carbocycles. The number of benzene rings is 2. The van der Waals surface area contributed by atoms with Gasteiger partial charge < -0.3 is 33.7 Å². The average Bonchev–Trinajstić information content (AvgIpc) is 2.81. The first-order valence-electron chi connectivity index (χ1n) is 9.05. The maximum absolute atomic E-state index is 12.6. The first-order valence-corrected chi connectivity index (χ1v) is 9.05. The standard InChI is InChI=1S/C22H25NO8/c1-26-14-11-15(22(25)31-6)20(16(12-14)27-2)23-19(24)8-7-13-9-17(28-3)21(30-5)18(10-13)29-4/h7-12H,1-6H3,(H,23,24)/b8-7+. The fourth-order valence-electron chi connectivity index (χ4n) is 2.80. The number of hydrogen-bond donors (Lipinski definition) is 1. The van der Waals surface area contributed by atoms with Crippen LogP contribution >= 0.6 is 0 Å². The van der Waals surface area contributed by atoms with E-state index in [2.05, 4.69) is 5.32 Å². The summed E-state index contributed by atoms with van der Waals surface area (Å²) in [6.07, 6.45) is 2.86. The average molecular weight is 431 g/mol. The largest absolute Gasteiger partial charge is 0.497 e. The molecule has 0 atom stereocenters. The Morgan fingerprint density at radius 1 is 0.774 bits per heavy atom. The molecule has 0 aromatic heterocycles. The molecule has 0 unspecified atom stereocenters. The molecule has 2 aromatic rings. The zero-order valence-corrected chi connectivity index (χ0v) is 18.2. The van der Waals surface area contributed by atoms with Crippen LogP contribution in [0, 0.1) is 0 Å². The molecule has 1 amide bonds. The number of rotatable bonds is 9. The van der Waals surface area contributed by atoms with E-state index < -0.39 is 11.9 Å². The summed E-state index contributed by atoms with van der Waals surface area (Å²) < 4.78 is 31.2. The molecule has 0 aliphatic carbocycles. The highest BCUT2D eigenvalue weighted by Crippen LogP contribution is 2.38. The third-order valence-corrected chi connectivity index (χ3v) is 4.30. The fraction of sp³-hybridized carbons (Fsp3) is 0.273. The van der Waals surface area contributed by atoms with Crippen LogP contribution in [0.5, 0.6) is 28.7 Å². The van der Waals surface area contributed by atoms with E-state index in [4.69, 9.17) is 28.4 Å². The molecule has 1 N–H and O–H groups in total. The minimum atomic E-state index is -0.652. The number of ether oxygens (including phenoxy) is 6. The molecule has 166 valence electrons. The van der Waals surface area contributed by atoms with Gasteiger partial charge in [-0.15, -0.1) is 0 Å². The van der Waals surface area contributed by atoms with E-state index in [-0.39, 0.29) is 17.0 Å². The number of carbonyl (C=O) groups excluding carboxylic acids is 2. The predicted molar refractivity (Wildman–Crippen MR) is 115 cm³/mol. The van der Waals surface area contributed by atoms with Crippen molar-refractivity contribution in [1.29, 1.82) is 0 Å². The van der Waals surface area contributed by atoms with Gasteiger partial charge in [0.25, 0.3) is 0 Å². The lowest BCUT2D eigenvalue weighted by molar-refractivity contribution is -0.111. The molecule has 9 heteroatoms. The van der Waals surface area contributed by atoms with Gasteiger partial charge in [0.15, 0.2) is 11.5 Å². The SMILES string of the molecule is COC(=O)c1cc(OC)cc(OC)c1NC(=O)/C=C/c1cc(OC)c(OC)c(OC)c1. The van der Waals surface area contributed by atoms with Crippen molar-refractivity contribution in [2.45, 2.75) is 0 Å². The minimum absolute atomic E-state index is 0.0910. The second-order valence-corrected chi connectivity index (χ2v) is 6.03. The van der Waals surface area contributed by atoms with Crippen LogP contribution in [0.25, 0.3) is 6.08 Å². The van der Waals surface area contributed by atoms with Gasteiger partial charge in [-0.1, -0.05) is 0 Å². The molecule has 0 spiro atoms. The summed E-state index contributed by atoms with van der Waals surface area (Å²) in [5.41, 5.74) is 0.891. The van der Waals surface area contributed by atoms with Crippen LogP contribution in [-0.4, -0.2) is 54.5 Å². The van der Waals surface area contributed by atoms with Crippen LogP contribution in [0.15, 0.2) is 30.3 Å². The quantitative estimate of drug-likeness (QED) is 0.477. The molecule has 9 nitrogen and oxygen atoms in total. The van der Waals surface area contributed by atoms with Crippen molar-refractivity contribution in [3.05, 3.63) is 41.5 Å². The molecular weight excluding hydrogens is 406 g/mol. The van der Waals surface area contributed by atoms with Crippen LogP contribution in [0.2, 0.25) is 0 Å². The number of esters is 1. The van der Waals surface area contributed by atoms with Gasteiger partial charge in [-0.05, 0) is 29.8 Å². The highest BCUT2D eigenvalue weighted by atomic mass is 16.5. The van der Waals surface area contributed by atoms with E-state index in [1.807, 2.05) is 0 Å². The summed E-state index contributed by atoms with van der Waals surface area (Å²) in [5, 5.41) is 2.65. The van der Waals surface area contributed by atoms with Crippen molar-refractivity contribution in [2.24, 2.45) is 0 Å². The summed E-state index contributed by atoms with van der Waals surface area (Å²) in [7, 11) is 8.61. The van der Waals surface area contributed by atoms with Gasteiger partial charge in [0, 0.05) is 12.1 Å². The van der Waals surface area contributed by atoms with Crippen LogP contribution < -0.4 is 29.0 Å². The Hall–Kier alpha value is -3.88. The van der Waals surface area contributed by atoms with Crippen LogP contribution in [-0.2, 0) is 9.53 Å². The first-order chi connectivity index (χ1) is 14.9. The fourth-order valence-corrected chi connectivity index (χ4v) is 2.80. The molecule has 0 saturated carbocycles. The zero-order chi connectivity index (χ0) is 23.0. The lowest BCUT2D eigenvalue weighted by Gasteiger charge is -2.15.